The summed E-state index contributed by atoms with van der Waals surface area (Å²) < 4.78 is 11.3. The lowest BCUT2D eigenvalue weighted by molar-refractivity contribution is 0.0760. The van der Waals surface area contributed by atoms with Gasteiger partial charge in [0.25, 0.3) is 5.91 Å². The summed E-state index contributed by atoms with van der Waals surface area (Å²) in [6.45, 7) is 4.61. The van der Waals surface area contributed by atoms with E-state index in [0.29, 0.717) is 34.5 Å². The Hall–Kier alpha value is -1.98. The molecule has 1 amide bonds. The molecular formula is C17H18ClNO3S. The van der Waals surface area contributed by atoms with Crippen LogP contribution in [0, 0.1) is 0 Å². The fourth-order valence-electron chi connectivity index (χ4n) is 2.23. The quantitative estimate of drug-likeness (QED) is 0.700. The Morgan fingerprint density at radius 3 is 2.65 bits per heavy atom. The number of amides is 1. The first-order valence-electron chi connectivity index (χ1n) is 6.96. The molecule has 1 aromatic carbocycles. The lowest BCUT2D eigenvalue weighted by atomic mass is 10.1. The lowest BCUT2D eigenvalue weighted by Gasteiger charge is -2.22. The molecule has 1 aromatic heterocycles. The van der Waals surface area contributed by atoms with E-state index in [9.17, 15) is 4.79 Å². The van der Waals surface area contributed by atoms with Gasteiger partial charge in [0, 0.05) is 11.4 Å². The molecule has 2 aromatic rings. The Morgan fingerprint density at radius 1 is 1.30 bits per heavy atom. The van der Waals surface area contributed by atoms with Crippen LogP contribution in [0.5, 0.6) is 11.5 Å². The SMILES string of the molecule is C=CCN(Cc1ccc(Cl)s1)C(=O)c1cccc(OC)c1OC. The third-order valence-corrected chi connectivity index (χ3v) is 4.46. The van der Waals surface area contributed by atoms with Gasteiger partial charge in [-0.2, -0.15) is 0 Å². The lowest BCUT2D eigenvalue weighted by Crippen LogP contribution is -2.30. The summed E-state index contributed by atoms with van der Waals surface area (Å²) in [5.41, 5.74) is 0.455. The standard InChI is InChI=1S/C17H18ClNO3S/c1-4-10-19(11-12-8-9-15(18)23-12)17(20)13-6-5-7-14(21-2)16(13)22-3/h4-9H,1,10-11H2,2-3H3. The fourth-order valence-corrected chi connectivity index (χ4v) is 3.33. The van der Waals surface area contributed by atoms with Crippen LogP contribution in [-0.2, 0) is 6.54 Å². The molecule has 0 N–H and O–H groups in total. The van der Waals surface area contributed by atoms with Gasteiger partial charge in [-0.25, -0.2) is 0 Å². The van der Waals surface area contributed by atoms with E-state index in [1.165, 1.54) is 18.4 Å². The monoisotopic (exact) mass is 351 g/mol. The molecule has 1 heterocycles. The van der Waals surface area contributed by atoms with Crippen molar-refractivity contribution in [1.29, 1.82) is 0 Å². The second-order valence-corrected chi connectivity index (χ2v) is 6.52. The van der Waals surface area contributed by atoms with Crippen molar-refractivity contribution in [3.63, 3.8) is 0 Å². The van der Waals surface area contributed by atoms with Crippen LogP contribution < -0.4 is 9.47 Å². The van der Waals surface area contributed by atoms with Crippen LogP contribution in [-0.4, -0.2) is 31.6 Å². The van der Waals surface area contributed by atoms with Gasteiger partial charge in [-0.1, -0.05) is 23.7 Å². The number of carbonyl (C=O) groups excluding carboxylic acids is 1. The second kappa shape index (κ2) is 8.04. The van der Waals surface area contributed by atoms with Crippen LogP contribution in [0.1, 0.15) is 15.2 Å². The highest BCUT2D eigenvalue weighted by Gasteiger charge is 2.22. The largest absolute Gasteiger partial charge is 0.493 e. The van der Waals surface area contributed by atoms with E-state index in [-0.39, 0.29) is 5.91 Å². The first kappa shape index (κ1) is 17.4. The Labute approximate surface area is 144 Å². The highest BCUT2D eigenvalue weighted by atomic mass is 35.5. The summed E-state index contributed by atoms with van der Waals surface area (Å²) >= 11 is 7.42. The van der Waals surface area contributed by atoms with E-state index in [0.717, 1.165) is 4.88 Å². The summed E-state index contributed by atoms with van der Waals surface area (Å²) in [4.78, 5) is 15.6. The van der Waals surface area contributed by atoms with Gasteiger partial charge in [-0.05, 0) is 24.3 Å². The molecule has 0 unspecified atom stereocenters. The van der Waals surface area contributed by atoms with E-state index >= 15 is 0 Å². The smallest absolute Gasteiger partial charge is 0.258 e. The van der Waals surface area contributed by atoms with Gasteiger partial charge in [-0.3, -0.25) is 4.79 Å². The number of hydrogen-bond donors (Lipinski definition) is 0. The van der Waals surface area contributed by atoms with E-state index in [4.69, 9.17) is 21.1 Å². The Balaban J connectivity index is 2.32. The molecule has 122 valence electrons. The average molecular weight is 352 g/mol. The maximum absolute atomic E-state index is 12.9. The number of hydrogen-bond acceptors (Lipinski definition) is 4. The van der Waals surface area contributed by atoms with Crippen molar-refractivity contribution < 1.29 is 14.3 Å². The van der Waals surface area contributed by atoms with Gasteiger partial charge in [-0.15, -0.1) is 17.9 Å². The number of rotatable bonds is 7. The predicted molar refractivity (Wildman–Crippen MR) is 93.8 cm³/mol. The van der Waals surface area contributed by atoms with Crippen molar-refractivity contribution in [2.75, 3.05) is 20.8 Å². The Morgan fingerprint density at radius 2 is 2.09 bits per heavy atom. The van der Waals surface area contributed by atoms with Gasteiger partial charge in [0.05, 0.1) is 30.7 Å². The minimum absolute atomic E-state index is 0.148. The molecule has 0 saturated carbocycles. The number of ether oxygens (including phenoxy) is 2. The topological polar surface area (TPSA) is 38.8 Å². The molecule has 0 aliphatic heterocycles. The van der Waals surface area contributed by atoms with Crippen molar-refractivity contribution in [3.8, 4) is 11.5 Å². The number of carbonyl (C=O) groups is 1. The van der Waals surface area contributed by atoms with Crippen LogP contribution in [0.25, 0.3) is 0 Å². The fraction of sp³-hybridized carbons (Fsp3) is 0.235. The summed E-state index contributed by atoms with van der Waals surface area (Å²) in [5.74, 6) is 0.805. The molecule has 0 spiro atoms. The summed E-state index contributed by atoms with van der Waals surface area (Å²) in [7, 11) is 3.06. The summed E-state index contributed by atoms with van der Waals surface area (Å²) in [6.07, 6.45) is 1.69. The highest BCUT2D eigenvalue weighted by Crippen LogP contribution is 2.32. The molecule has 4 nitrogen and oxygen atoms in total. The zero-order valence-corrected chi connectivity index (χ0v) is 14.6. The average Bonchev–Trinajstić information content (AvgIpc) is 2.97. The molecule has 0 fully saturated rings. The molecule has 0 aliphatic carbocycles. The number of halogens is 1. The first-order valence-corrected chi connectivity index (χ1v) is 8.15. The Kier molecular flexibility index (Phi) is 6.07. The molecule has 23 heavy (non-hydrogen) atoms. The van der Waals surface area contributed by atoms with Crippen LogP contribution >= 0.6 is 22.9 Å². The van der Waals surface area contributed by atoms with Crippen LogP contribution in [0.3, 0.4) is 0 Å². The number of benzene rings is 1. The van der Waals surface area contributed by atoms with E-state index in [2.05, 4.69) is 6.58 Å². The third-order valence-electron chi connectivity index (χ3n) is 3.25. The van der Waals surface area contributed by atoms with Crippen LogP contribution in [0.2, 0.25) is 4.34 Å². The van der Waals surface area contributed by atoms with Gasteiger partial charge in [0.1, 0.15) is 0 Å². The van der Waals surface area contributed by atoms with Crippen molar-refractivity contribution >= 4 is 28.8 Å². The molecule has 0 radical (unpaired) electrons. The van der Waals surface area contributed by atoms with Gasteiger partial charge in [0.15, 0.2) is 11.5 Å². The zero-order valence-electron chi connectivity index (χ0n) is 13.0. The number of para-hydroxylation sites is 1. The predicted octanol–water partition coefficient (Wildman–Crippen LogP) is 4.25. The zero-order chi connectivity index (χ0) is 16.8. The molecule has 0 atom stereocenters. The maximum atomic E-state index is 12.9. The second-order valence-electron chi connectivity index (χ2n) is 4.72. The van der Waals surface area contributed by atoms with Crippen LogP contribution in [0.15, 0.2) is 43.0 Å². The van der Waals surface area contributed by atoms with Crippen LogP contribution in [0.4, 0.5) is 0 Å². The Bertz CT molecular complexity index is 699. The van der Waals surface area contributed by atoms with E-state index in [1.54, 1.807) is 36.3 Å². The van der Waals surface area contributed by atoms with Crippen molar-refractivity contribution in [2.24, 2.45) is 0 Å². The minimum Gasteiger partial charge on any atom is -0.493 e. The number of thiophene rings is 1. The minimum atomic E-state index is -0.148. The number of methoxy groups -OCH3 is 2. The van der Waals surface area contributed by atoms with Crippen molar-refractivity contribution in [1.82, 2.24) is 4.90 Å². The van der Waals surface area contributed by atoms with Gasteiger partial charge < -0.3 is 14.4 Å². The molecular weight excluding hydrogens is 334 g/mol. The molecule has 0 aliphatic rings. The first-order chi connectivity index (χ1) is 11.1. The molecule has 2 rings (SSSR count). The summed E-state index contributed by atoms with van der Waals surface area (Å²) in [5, 5.41) is 0. The van der Waals surface area contributed by atoms with Gasteiger partial charge >= 0.3 is 0 Å². The van der Waals surface area contributed by atoms with Crippen molar-refractivity contribution in [3.05, 3.63) is 57.8 Å². The van der Waals surface area contributed by atoms with E-state index in [1.807, 2.05) is 12.1 Å². The molecule has 6 heteroatoms. The van der Waals surface area contributed by atoms with Crippen molar-refractivity contribution in [2.45, 2.75) is 6.54 Å². The maximum Gasteiger partial charge on any atom is 0.258 e. The number of nitrogens with zero attached hydrogens (tertiary/aromatic N) is 1. The molecule has 0 saturated heterocycles. The normalized spacial score (nSPS) is 10.2. The highest BCUT2D eigenvalue weighted by molar-refractivity contribution is 7.16. The third kappa shape index (κ3) is 4.06. The van der Waals surface area contributed by atoms with E-state index < -0.39 is 0 Å². The van der Waals surface area contributed by atoms with Gasteiger partial charge in [0.2, 0.25) is 0 Å². The molecule has 0 bridgehead atoms. The summed E-state index contributed by atoms with van der Waals surface area (Å²) in [6, 6.07) is 8.99.